The van der Waals surface area contributed by atoms with Gasteiger partial charge in [0.2, 0.25) is 0 Å². The number of benzene rings is 1. The molecule has 2 aromatic heterocycles. The van der Waals surface area contributed by atoms with E-state index >= 15 is 0 Å². The van der Waals surface area contributed by atoms with Gasteiger partial charge in [-0.3, -0.25) is 14.6 Å². The lowest BCUT2D eigenvalue weighted by Gasteiger charge is -2.23. The summed E-state index contributed by atoms with van der Waals surface area (Å²) in [5.41, 5.74) is 0.0456. The summed E-state index contributed by atoms with van der Waals surface area (Å²) in [6.45, 7) is 1.16. The largest absolute Gasteiger partial charge is 0.381 e. The highest BCUT2D eigenvalue weighted by molar-refractivity contribution is 6.08. The van der Waals surface area contributed by atoms with Gasteiger partial charge in [-0.1, -0.05) is 12.1 Å². The van der Waals surface area contributed by atoms with Crippen molar-refractivity contribution in [1.29, 1.82) is 0 Å². The monoisotopic (exact) mass is 438 g/mol. The van der Waals surface area contributed by atoms with Crippen LogP contribution in [-0.4, -0.2) is 41.0 Å². The molecule has 0 radical (unpaired) electrons. The summed E-state index contributed by atoms with van der Waals surface area (Å²) in [5, 5.41) is 5.55. The maximum Gasteiger partial charge on any atom is 0.274 e. The molecule has 164 valence electrons. The third kappa shape index (κ3) is 4.78. The summed E-state index contributed by atoms with van der Waals surface area (Å²) in [4.78, 5) is 33.6. The van der Waals surface area contributed by atoms with Gasteiger partial charge < -0.3 is 15.4 Å². The number of carbonyl (C=O) groups excluding carboxylic acids is 2. The van der Waals surface area contributed by atoms with Crippen molar-refractivity contribution in [2.24, 2.45) is 0 Å². The molecule has 1 aliphatic rings. The molecule has 2 N–H and O–H groups in total. The molecular weight excluding hydrogens is 418 g/mol. The third-order valence-electron chi connectivity index (χ3n) is 5.07. The smallest absolute Gasteiger partial charge is 0.274 e. The molecule has 7 nitrogen and oxygen atoms in total. The van der Waals surface area contributed by atoms with Crippen molar-refractivity contribution in [1.82, 2.24) is 15.3 Å². The van der Waals surface area contributed by atoms with Gasteiger partial charge in [0.15, 0.2) is 0 Å². The molecule has 9 heteroatoms. The van der Waals surface area contributed by atoms with E-state index in [4.69, 9.17) is 4.74 Å². The SMILES string of the molecule is O=C(Nc1cnccc1C(=O)NC1CCOCC1)c1cccc(-c2c(F)cccc2F)n1. The number of nitrogens with zero attached hydrogens (tertiary/aromatic N) is 2. The summed E-state index contributed by atoms with van der Waals surface area (Å²) in [7, 11) is 0. The highest BCUT2D eigenvalue weighted by atomic mass is 19.1. The van der Waals surface area contributed by atoms with Crippen LogP contribution in [0.1, 0.15) is 33.7 Å². The topological polar surface area (TPSA) is 93.2 Å². The zero-order valence-electron chi connectivity index (χ0n) is 17.0. The third-order valence-corrected chi connectivity index (χ3v) is 5.07. The Hall–Kier alpha value is -3.72. The van der Waals surface area contributed by atoms with Crippen LogP contribution in [-0.2, 0) is 4.74 Å². The zero-order chi connectivity index (χ0) is 22.5. The Morgan fingerprint density at radius 2 is 1.69 bits per heavy atom. The quantitative estimate of drug-likeness (QED) is 0.635. The maximum absolute atomic E-state index is 14.1. The molecule has 32 heavy (non-hydrogen) atoms. The van der Waals surface area contributed by atoms with Crippen molar-refractivity contribution in [3.63, 3.8) is 0 Å². The van der Waals surface area contributed by atoms with Gasteiger partial charge >= 0.3 is 0 Å². The first-order chi connectivity index (χ1) is 15.5. The molecular formula is C23H20F2N4O3. The van der Waals surface area contributed by atoms with E-state index in [1.807, 2.05) is 0 Å². The average Bonchev–Trinajstić information content (AvgIpc) is 2.80. The zero-order valence-corrected chi connectivity index (χ0v) is 17.0. The van der Waals surface area contributed by atoms with Gasteiger partial charge in [0, 0.05) is 25.5 Å². The number of rotatable bonds is 5. The van der Waals surface area contributed by atoms with Gasteiger partial charge in [-0.15, -0.1) is 0 Å². The van der Waals surface area contributed by atoms with Gasteiger partial charge in [-0.05, 0) is 43.2 Å². The van der Waals surface area contributed by atoms with Crippen LogP contribution in [0.5, 0.6) is 0 Å². The predicted molar refractivity (Wildman–Crippen MR) is 113 cm³/mol. The van der Waals surface area contributed by atoms with Gasteiger partial charge in [0.25, 0.3) is 11.8 Å². The van der Waals surface area contributed by atoms with Crippen molar-refractivity contribution < 1.29 is 23.1 Å². The molecule has 3 heterocycles. The second-order valence-electron chi connectivity index (χ2n) is 7.24. The Morgan fingerprint density at radius 3 is 2.44 bits per heavy atom. The fourth-order valence-electron chi connectivity index (χ4n) is 3.43. The van der Waals surface area contributed by atoms with Crippen LogP contribution in [0.4, 0.5) is 14.5 Å². The number of anilines is 1. The number of aromatic nitrogens is 2. The Morgan fingerprint density at radius 1 is 0.969 bits per heavy atom. The van der Waals surface area contributed by atoms with Crippen LogP contribution in [0.25, 0.3) is 11.3 Å². The summed E-state index contributed by atoms with van der Waals surface area (Å²) in [6.07, 6.45) is 4.23. The fraction of sp³-hybridized carbons (Fsp3) is 0.217. The van der Waals surface area contributed by atoms with Crippen molar-refractivity contribution in [2.45, 2.75) is 18.9 Å². The Labute approximate surface area is 182 Å². The highest BCUT2D eigenvalue weighted by Crippen LogP contribution is 2.24. The lowest BCUT2D eigenvalue weighted by atomic mass is 10.1. The summed E-state index contributed by atoms with van der Waals surface area (Å²) >= 11 is 0. The minimum atomic E-state index is -0.783. The number of hydrogen-bond acceptors (Lipinski definition) is 5. The molecule has 1 aromatic carbocycles. The molecule has 0 aliphatic carbocycles. The molecule has 1 fully saturated rings. The van der Waals surface area contributed by atoms with E-state index in [0.717, 1.165) is 12.1 Å². The molecule has 0 unspecified atom stereocenters. The van der Waals surface area contributed by atoms with Crippen molar-refractivity contribution in [2.75, 3.05) is 18.5 Å². The second kappa shape index (κ2) is 9.61. The van der Waals surface area contributed by atoms with Crippen molar-refractivity contribution in [3.05, 3.63) is 77.8 Å². The molecule has 3 aromatic rings. The maximum atomic E-state index is 14.1. The summed E-state index contributed by atoms with van der Waals surface area (Å²) in [5.74, 6) is -2.55. The van der Waals surface area contributed by atoms with Crippen molar-refractivity contribution >= 4 is 17.5 Å². The van der Waals surface area contributed by atoms with Crippen LogP contribution in [0.15, 0.2) is 54.9 Å². The number of hydrogen-bond donors (Lipinski definition) is 2. The Bertz CT molecular complexity index is 1130. The average molecular weight is 438 g/mol. The van der Waals surface area contributed by atoms with E-state index in [9.17, 15) is 18.4 Å². The highest BCUT2D eigenvalue weighted by Gasteiger charge is 2.21. The first kappa shape index (κ1) is 21.5. The molecule has 1 saturated heterocycles. The standard InChI is InChI=1S/C23H20F2N4O3/c24-16-3-1-4-17(25)21(16)18-5-2-6-19(28-18)23(31)29-20-13-26-10-7-15(20)22(30)27-14-8-11-32-12-9-14/h1-7,10,13-14H,8-9,11-12H2,(H,27,30)(H,29,31). The number of amides is 2. The molecule has 1 aliphatic heterocycles. The lowest BCUT2D eigenvalue weighted by Crippen LogP contribution is -2.39. The fourth-order valence-corrected chi connectivity index (χ4v) is 3.43. The van der Waals surface area contributed by atoms with Crippen LogP contribution in [0.2, 0.25) is 0 Å². The summed E-state index contributed by atoms with van der Waals surface area (Å²) in [6, 6.07) is 9.28. The molecule has 2 amide bonds. The van der Waals surface area contributed by atoms with Crippen molar-refractivity contribution in [3.8, 4) is 11.3 Å². The minimum absolute atomic E-state index is 0.0121. The minimum Gasteiger partial charge on any atom is -0.381 e. The molecule has 4 rings (SSSR count). The van der Waals surface area contributed by atoms with E-state index in [-0.39, 0.29) is 40.2 Å². The van der Waals surface area contributed by atoms with Crippen LogP contribution >= 0.6 is 0 Å². The predicted octanol–water partition coefficient (Wildman–Crippen LogP) is 3.58. The van der Waals surface area contributed by atoms with Gasteiger partial charge in [-0.25, -0.2) is 13.8 Å². The lowest BCUT2D eigenvalue weighted by molar-refractivity contribution is 0.0697. The number of pyridine rings is 2. The molecule has 0 atom stereocenters. The van der Waals surface area contributed by atoms with Gasteiger partial charge in [-0.2, -0.15) is 0 Å². The van der Waals surface area contributed by atoms with E-state index in [2.05, 4.69) is 20.6 Å². The molecule has 0 saturated carbocycles. The van der Waals surface area contributed by atoms with Crippen LogP contribution in [0.3, 0.4) is 0 Å². The first-order valence-corrected chi connectivity index (χ1v) is 10.1. The number of halogens is 2. The number of ether oxygens (including phenoxy) is 1. The first-order valence-electron chi connectivity index (χ1n) is 10.1. The Kier molecular flexibility index (Phi) is 6.46. The van der Waals surface area contributed by atoms with Gasteiger partial charge in [0.05, 0.1) is 28.7 Å². The van der Waals surface area contributed by atoms with Crippen LogP contribution in [0, 0.1) is 11.6 Å². The number of carbonyl (C=O) groups is 2. The normalized spacial score (nSPS) is 14.1. The Balaban J connectivity index is 1.54. The van der Waals surface area contributed by atoms with E-state index in [1.54, 1.807) is 0 Å². The van der Waals surface area contributed by atoms with Crippen LogP contribution < -0.4 is 10.6 Å². The van der Waals surface area contributed by atoms with Gasteiger partial charge in [0.1, 0.15) is 17.3 Å². The summed E-state index contributed by atoms with van der Waals surface area (Å²) < 4.78 is 33.5. The van der Waals surface area contributed by atoms with E-state index in [0.29, 0.717) is 26.1 Å². The molecule has 0 spiro atoms. The van der Waals surface area contributed by atoms with E-state index in [1.165, 1.54) is 42.7 Å². The van der Waals surface area contributed by atoms with E-state index < -0.39 is 17.5 Å². The molecule has 0 bridgehead atoms. The second-order valence-corrected chi connectivity index (χ2v) is 7.24. The number of nitrogens with one attached hydrogen (secondary N) is 2.